The summed E-state index contributed by atoms with van der Waals surface area (Å²) in [6, 6.07) is 24.4. The summed E-state index contributed by atoms with van der Waals surface area (Å²) in [6.45, 7) is 12.1. The van der Waals surface area contributed by atoms with Crippen LogP contribution in [0.1, 0.15) is 64.4 Å². The molecular weight excluding hydrogens is 807 g/mol. The number of amides is 3. The Labute approximate surface area is 370 Å². The molecule has 15 heteroatoms. The normalized spacial score (nSPS) is 20.4. The molecule has 1 saturated carbocycles. The van der Waals surface area contributed by atoms with Gasteiger partial charge in [-0.2, -0.15) is 5.10 Å². The molecule has 3 atom stereocenters. The van der Waals surface area contributed by atoms with Gasteiger partial charge in [-0.1, -0.05) is 31.1 Å². The van der Waals surface area contributed by atoms with E-state index in [0.717, 1.165) is 79.2 Å². The Balaban J connectivity index is 0.991. The number of aromatic nitrogens is 6. The lowest BCUT2D eigenvalue weighted by Crippen LogP contribution is -2.44. The van der Waals surface area contributed by atoms with Gasteiger partial charge in [0.1, 0.15) is 17.1 Å². The average Bonchev–Trinajstić information content (AvgIpc) is 3.99. The minimum absolute atomic E-state index is 0.0887. The van der Waals surface area contributed by atoms with Gasteiger partial charge >= 0.3 is 12.4 Å². The van der Waals surface area contributed by atoms with Crippen molar-refractivity contribution in [1.29, 1.82) is 0 Å². The lowest BCUT2D eigenvalue weighted by atomic mass is 9.98. The molecule has 0 radical (unpaired) electrons. The van der Waals surface area contributed by atoms with Gasteiger partial charge in [-0.15, -0.1) is 0 Å². The van der Waals surface area contributed by atoms with Crippen molar-refractivity contribution in [3.05, 3.63) is 137 Å². The molecule has 1 unspecified atom stereocenters. The number of hydrogen-bond acceptors (Lipinski definition) is 9. The smallest absolute Gasteiger partial charge is 0.330 e. The quantitative estimate of drug-likeness (QED) is 0.156. The van der Waals surface area contributed by atoms with E-state index in [0.29, 0.717) is 49.8 Å². The zero-order valence-corrected chi connectivity index (χ0v) is 36.5. The molecule has 0 spiro atoms. The Hall–Kier alpha value is -7.26. The Morgan fingerprint density at radius 3 is 2.39 bits per heavy atom. The Bertz CT molecular complexity index is 3020. The van der Waals surface area contributed by atoms with Gasteiger partial charge in [0.25, 0.3) is 5.91 Å². The average molecular weight is 856 g/mol. The third-order valence-electron chi connectivity index (χ3n) is 13.5. The van der Waals surface area contributed by atoms with Crippen molar-refractivity contribution in [2.45, 2.75) is 72.4 Å². The van der Waals surface area contributed by atoms with Gasteiger partial charge in [-0.25, -0.2) is 14.5 Å². The van der Waals surface area contributed by atoms with E-state index < -0.39 is 12.0 Å². The Morgan fingerprint density at radius 1 is 0.922 bits per heavy atom. The number of aliphatic hydroxyl groups is 1. The SMILES string of the molecule is CCc1nccc(-c2ccc3c(c2)cc(C(=O)N2CCc4nn(-c5cc(C)cc(C)c5)c(N5CCN(c6ccc(-n7ccnc7)cc6)C5=O)c4C2)n3[C@@]2(C3=NOC(O)N3)C[C@@H]2C)c1C. The second-order valence-electron chi connectivity index (χ2n) is 17.5. The second kappa shape index (κ2) is 14.9. The van der Waals surface area contributed by atoms with Gasteiger partial charge in [0.05, 0.1) is 24.3 Å². The lowest BCUT2D eigenvalue weighted by molar-refractivity contribution is -0.0896. The van der Waals surface area contributed by atoms with E-state index in [9.17, 15) is 9.90 Å². The number of rotatable bonds is 9. The van der Waals surface area contributed by atoms with Crippen LogP contribution in [0.2, 0.25) is 0 Å². The molecule has 4 aromatic heterocycles. The second-order valence-corrected chi connectivity index (χ2v) is 17.5. The van der Waals surface area contributed by atoms with Crippen LogP contribution in [-0.4, -0.2) is 82.7 Å². The number of amidine groups is 1. The summed E-state index contributed by atoms with van der Waals surface area (Å²) in [7, 11) is 0. The Kier molecular flexibility index (Phi) is 9.24. The van der Waals surface area contributed by atoms with E-state index in [1.807, 2.05) is 67.8 Å². The summed E-state index contributed by atoms with van der Waals surface area (Å²) in [5.74, 6) is 1.11. The van der Waals surface area contributed by atoms with Crippen LogP contribution < -0.4 is 15.1 Å². The van der Waals surface area contributed by atoms with E-state index in [2.05, 4.69) is 96.0 Å². The fraction of sp³-hybridized carbons (Fsp3) is 0.306. The zero-order valence-electron chi connectivity index (χ0n) is 36.5. The number of oxime groups is 1. The number of aliphatic hydroxyl groups excluding tert-OH is 1. The number of urea groups is 1. The van der Waals surface area contributed by atoms with Gasteiger partial charge in [0.2, 0.25) is 0 Å². The van der Waals surface area contributed by atoms with E-state index in [4.69, 9.17) is 9.94 Å². The van der Waals surface area contributed by atoms with Crippen molar-refractivity contribution < 1.29 is 19.5 Å². The molecule has 324 valence electrons. The molecule has 3 aromatic carbocycles. The molecule has 7 aromatic rings. The maximum absolute atomic E-state index is 15.4. The highest BCUT2D eigenvalue weighted by Gasteiger charge is 2.61. The summed E-state index contributed by atoms with van der Waals surface area (Å²) < 4.78 is 5.94. The maximum atomic E-state index is 15.4. The minimum atomic E-state index is -1.27. The first-order valence-electron chi connectivity index (χ1n) is 22.0. The summed E-state index contributed by atoms with van der Waals surface area (Å²) >= 11 is 0. The number of nitrogens with one attached hydrogen (secondary N) is 1. The highest BCUT2D eigenvalue weighted by atomic mass is 16.7. The molecule has 0 bridgehead atoms. The van der Waals surface area contributed by atoms with E-state index >= 15 is 4.79 Å². The number of carbonyl (C=O) groups excluding carboxylic acids is 2. The number of imidazole rings is 1. The van der Waals surface area contributed by atoms with Crippen molar-refractivity contribution in [3.63, 3.8) is 0 Å². The van der Waals surface area contributed by atoms with Crippen molar-refractivity contribution in [2.75, 3.05) is 29.4 Å². The summed E-state index contributed by atoms with van der Waals surface area (Å²) in [4.78, 5) is 49.6. The fourth-order valence-electron chi connectivity index (χ4n) is 10.3. The molecule has 2 N–H and O–H groups in total. The van der Waals surface area contributed by atoms with Gasteiger partial charge in [0.15, 0.2) is 5.84 Å². The van der Waals surface area contributed by atoms with Crippen LogP contribution in [0.25, 0.3) is 33.4 Å². The fourth-order valence-corrected chi connectivity index (χ4v) is 10.3. The van der Waals surface area contributed by atoms with E-state index in [1.165, 1.54) is 0 Å². The topological polar surface area (TPSA) is 151 Å². The number of nitrogens with zero attached hydrogens (tertiary/aromatic N) is 10. The first-order valence-corrected chi connectivity index (χ1v) is 22.0. The maximum Gasteiger partial charge on any atom is 0.330 e. The van der Waals surface area contributed by atoms with E-state index in [1.54, 1.807) is 17.4 Å². The highest BCUT2D eigenvalue weighted by molar-refractivity contribution is 6.07. The predicted octanol–water partition coefficient (Wildman–Crippen LogP) is 7.15. The van der Waals surface area contributed by atoms with Crippen molar-refractivity contribution in [2.24, 2.45) is 11.1 Å². The molecule has 3 aliphatic heterocycles. The van der Waals surface area contributed by atoms with Gasteiger partial charge in [0, 0.05) is 78.2 Å². The van der Waals surface area contributed by atoms with Crippen molar-refractivity contribution in [3.8, 4) is 22.5 Å². The van der Waals surface area contributed by atoms with Crippen LogP contribution in [0, 0.1) is 26.7 Å². The number of carbonyl (C=O) groups is 2. The minimum Gasteiger partial charge on any atom is -0.340 e. The molecule has 3 amide bonds. The standard InChI is InChI=1S/C49H49N11O4/c1-6-40-32(5)38(13-15-51-40)33-7-12-42-34(24-33)25-43(59(42)49(26-31(49)4)46-52-47(62)64-54-46)45(61)55-17-14-41-39(27-55)44(60(53-41)37-22-29(2)21-30(3)23-37)58-20-19-57(48(58)63)36-10-8-35(9-11-36)56-18-16-50-28-56/h7-13,15-16,18,21-25,28,31,47,62H,6,14,17,19-20,26-27H2,1-5H3,(H,52,54)/t31-,47?,49-/m0/s1. The lowest BCUT2D eigenvalue weighted by Gasteiger charge is -2.30. The van der Waals surface area contributed by atoms with Gasteiger partial charge in [-0.3, -0.25) is 19.6 Å². The van der Waals surface area contributed by atoms with Gasteiger partial charge < -0.3 is 29.3 Å². The highest BCUT2D eigenvalue weighted by Crippen LogP contribution is 2.54. The third kappa shape index (κ3) is 6.27. The number of benzene rings is 3. The summed E-state index contributed by atoms with van der Waals surface area (Å²) in [6.07, 6.45) is 7.99. The largest absolute Gasteiger partial charge is 0.340 e. The van der Waals surface area contributed by atoms with Crippen molar-refractivity contribution >= 4 is 40.2 Å². The summed E-state index contributed by atoms with van der Waals surface area (Å²) in [5, 5.41) is 23.8. The molecule has 11 rings (SSSR count). The first kappa shape index (κ1) is 39.6. The molecule has 4 aliphatic rings. The van der Waals surface area contributed by atoms with Crippen LogP contribution in [-0.2, 0) is 29.8 Å². The van der Waals surface area contributed by atoms with Crippen LogP contribution >= 0.6 is 0 Å². The molecule has 1 aliphatic carbocycles. The number of aryl methyl sites for hydroxylation is 3. The molecule has 2 fully saturated rings. The number of anilines is 2. The number of fused-ring (bicyclic) bond motifs is 2. The molecule has 15 nitrogen and oxygen atoms in total. The monoisotopic (exact) mass is 855 g/mol. The summed E-state index contributed by atoms with van der Waals surface area (Å²) in [5.41, 5.74) is 11.5. The van der Waals surface area contributed by atoms with Crippen LogP contribution in [0.5, 0.6) is 0 Å². The predicted molar refractivity (Wildman–Crippen MR) is 244 cm³/mol. The van der Waals surface area contributed by atoms with Gasteiger partial charge in [-0.05, 0) is 128 Å². The molecule has 64 heavy (non-hydrogen) atoms. The van der Waals surface area contributed by atoms with Crippen LogP contribution in [0.15, 0.2) is 103 Å². The molecule has 7 heterocycles. The van der Waals surface area contributed by atoms with E-state index in [-0.39, 0.29) is 24.4 Å². The number of pyridine rings is 1. The molecular formula is C49H49N11O4. The number of hydrogen-bond donors (Lipinski definition) is 2. The third-order valence-corrected chi connectivity index (χ3v) is 13.5. The van der Waals surface area contributed by atoms with Crippen LogP contribution in [0.4, 0.5) is 16.3 Å². The zero-order chi connectivity index (χ0) is 44.0. The van der Waals surface area contributed by atoms with Crippen LogP contribution in [0.3, 0.4) is 0 Å². The Morgan fingerprint density at radius 2 is 1.69 bits per heavy atom. The van der Waals surface area contributed by atoms with Crippen molar-refractivity contribution in [1.82, 2.24) is 39.1 Å². The first-order chi connectivity index (χ1) is 31.0. The molecule has 1 saturated heterocycles.